The summed E-state index contributed by atoms with van der Waals surface area (Å²) in [6.07, 6.45) is 2.54. The van der Waals surface area contributed by atoms with E-state index in [-0.39, 0.29) is 5.91 Å². The highest BCUT2D eigenvalue weighted by Gasteiger charge is 2.14. The van der Waals surface area contributed by atoms with Gasteiger partial charge >= 0.3 is 0 Å². The van der Waals surface area contributed by atoms with Crippen LogP contribution in [0.2, 0.25) is 0 Å². The van der Waals surface area contributed by atoms with Crippen LogP contribution in [0.15, 0.2) is 24.3 Å². The molecule has 1 aromatic carbocycles. The van der Waals surface area contributed by atoms with Gasteiger partial charge in [0.15, 0.2) is 0 Å². The van der Waals surface area contributed by atoms with E-state index < -0.39 is 0 Å². The van der Waals surface area contributed by atoms with Gasteiger partial charge in [-0.1, -0.05) is 18.2 Å². The van der Waals surface area contributed by atoms with Gasteiger partial charge in [-0.2, -0.15) is 0 Å². The Labute approximate surface area is 96.5 Å². The van der Waals surface area contributed by atoms with Crippen LogP contribution in [-0.4, -0.2) is 19.0 Å². The number of nitrogens with zero attached hydrogens (tertiary/aromatic N) is 1. The van der Waals surface area contributed by atoms with E-state index >= 15 is 0 Å². The standard InChI is InChI=1S/C13H18N2O/c1-11(16)14-10-12-6-2-3-7-13(12)15-8-4-5-9-15/h2-3,6-7H,4-5,8-10H2,1H3,(H,14,16). The lowest BCUT2D eigenvalue weighted by atomic mass is 10.1. The molecule has 1 amide bonds. The molecular formula is C13H18N2O. The summed E-state index contributed by atoms with van der Waals surface area (Å²) < 4.78 is 0. The average Bonchev–Trinajstić information content (AvgIpc) is 2.80. The maximum absolute atomic E-state index is 10.9. The summed E-state index contributed by atoms with van der Waals surface area (Å²) in [5.41, 5.74) is 2.48. The van der Waals surface area contributed by atoms with Crippen molar-refractivity contribution in [1.29, 1.82) is 0 Å². The molecule has 0 aromatic heterocycles. The quantitative estimate of drug-likeness (QED) is 0.840. The Morgan fingerprint density at radius 2 is 2.00 bits per heavy atom. The van der Waals surface area contributed by atoms with E-state index in [1.165, 1.54) is 24.1 Å². The SMILES string of the molecule is CC(=O)NCc1ccccc1N1CCCC1. The van der Waals surface area contributed by atoms with E-state index in [0.717, 1.165) is 13.1 Å². The Kier molecular flexibility index (Phi) is 3.44. The first-order chi connectivity index (χ1) is 7.77. The molecule has 2 rings (SSSR count). The smallest absolute Gasteiger partial charge is 0.217 e. The fourth-order valence-corrected chi connectivity index (χ4v) is 2.15. The Morgan fingerprint density at radius 1 is 1.31 bits per heavy atom. The molecule has 1 aromatic rings. The van der Waals surface area contributed by atoms with Gasteiger partial charge in [0.2, 0.25) is 5.91 Å². The first-order valence-electron chi connectivity index (χ1n) is 5.84. The van der Waals surface area contributed by atoms with Gasteiger partial charge in [0.05, 0.1) is 0 Å². The second kappa shape index (κ2) is 5.01. The van der Waals surface area contributed by atoms with Crippen LogP contribution in [0.5, 0.6) is 0 Å². The number of carbonyl (C=O) groups excluding carboxylic acids is 1. The highest BCUT2D eigenvalue weighted by Crippen LogP contribution is 2.24. The van der Waals surface area contributed by atoms with E-state index in [1.54, 1.807) is 6.92 Å². The van der Waals surface area contributed by atoms with Crippen LogP contribution in [0.4, 0.5) is 5.69 Å². The first-order valence-corrected chi connectivity index (χ1v) is 5.84. The summed E-state index contributed by atoms with van der Waals surface area (Å²) in [6.45, 7) is 4.45. The highest BCUT2D eigenvalue weighted by molar-refractivity contribution is 5.73. The molecule has 0 bridgehead atoms. The summed E-state index contributed by atoms with van der Waals surface area (Å²) in [5, 5.41) is 2.86. The molecule has 3 heteroatoms. The average molecular weight is 218 g/mol. The van der Waals surface area contributed by atoms with E-state index in [0.29, 0.717) is 6.54 Å². The van der Waals surface area contributed by atoms with Crippen molar-refractivity contribution >= 4 is 11.6 Å². The molecule has 3 nitrogen and oxygen atoms in total. The first kappa shape index (κ1) is 11.0. The molecule has 86 valence electrons. The van der Waals surface area contributed by atoms with Crippen molar-refractivity contribution in [2.75, 3.05) is 18.0 Å². The Morgan fingerprint density at radius 3 is 2.69 bits per heavy atom. The number of anilines is 1. The lowest BCUT2D eigenvalue weighted by Gasteiger charge is -2.21. The molecule has 16 heavy (non-hydrogen) atoms. The number of para-hydroxylation sites is 1. The normalized spacial score (nSPS) is 15.2. The third kappa shape index (κ3) is 2.54. The predicted octanol–water partition coefficient (Wildman–Crippen LogP) is 1.92. The minimum Gasteiger partial charge on any atom is -0.371 e. The molecule has 1 saturated heterocycles. The minimum absolute atomic E-state index is 0.0243. The van der Waals surface area contributed by atoms with E-state index in [4.69, 9.17) is 0 Å². The van der Waals surface area contributed by atoms with Crippen molar-refractivity contribution < 1.29 is 4.79 Å². The van der Waals surface area contributed by atoms with Crippen LogP contribution in [0.1, 0.15) is 25.3 Å². The van der Waals surface area contributed by atoms with Crippen molar-refractivity contribution in [3.05, 3.63) is 29.8 Å². The van der Waals surface area contributed by atoms with Crippen molar-refractivity contribution in [3.63, 3.8) is 0 Å². The van der Waals surface area contributed by atoms with Crippen LogP contribution >= 0.6 is 0 Å². The largest absolute Gasteiger partial charge is 0.371 e. The van der Waals surface area contributed by atoms with E-state index in [2.05, 4.69) is 28.4 Å². The Bertz CT molecular complexity index is 370. The monoisotopic (exact) mass is 218 g/mol. The lowest BCUT2D eigenvalue weighted by molar-refractivity contribution is -0.119. The zero-order chi connectivity index (χ0) is 11.4. The van der Waals surface area contributed by atoms with Gasteiger partial charge in [0.1, 0.15) is 0 Å². The number of nitrogens with one attached hydrogen (secondary N) is 1. The Balaban J connectivity index is 2.13. The highest BCUT2D eigenvalue weighted by atomic mass is 16.1. The second-order valence-electron chi connectivity index (χ2n) is 4.23. The topological polar surface area (TPSA) is 32.3 Å². The summed E-state index contributed by atoms with van der Waals surface area (Å²) >= 11 is 0. The molecule has 1 aliphatic rings. The summed E-state index contributed by atoms with van der Waals surface area (Å²) in [4.78, 5) is 13.3. The third-order valence-electron chi connectivity index (χ3n) is 2.97. The maximum atomic E-state index is 10.9. The maximum Gasteiger partial charge on any atom is 0.217 e. The van der Waals surface area contributed by atoms with Crippen molar-refractivity contribution in [2.45, 2.75) is 26.3 Å². The summed E-state index contributed by atoms with van der Waals surface area (Å²) in [5.74, 6) is 0.0243. The zero-order valence-electron chi connectivity index (χ0n) is 9.70. The third-order valence-corrected chi connectivity index (χ3v) is 2.97. The van der Waals surface area contributed by atoms with Crippen molar-refractivity contribution in [3.8, 4) is 0 Å². The van der Waals surface area contributed by atoms with E-state index in [9.17, 15) is 4.79 Å². The number of rotatable bonds is 3. The van der Waals surface area contributed by atoms with Gasteiger partial charge in [-0.25, -0.2) is 0 Å². The molecule has 0 spiro atoms. The van der Waals surface area contributed by atoms with Crippen LogP contribution in [-0.2, 0) is 11.3 Å². The lowest BCUT2D eigenvalue weighted by Crippen LogP contribution is -2.23. The molecule has 1 heterocycles. The molecule has 0 aliphatic carbocycles. The minimum atomic E-state index is 0.0243. The molecule has 0 unspecified atom stereocenters. The van der Waals surface area contributed by atoms with Crippen LogP contribution in [0, 0.1) is 0 Å². The number of hydrogen-bond acceptors (Lipinski definition) is 2. The fraction of sp³-hybridized carbons (Fsp3) is 0.462. The van der Waals surface area contributed by atoms with Gasteiger partial charge < -0.3 is 10.2 Å². The number of carbonyl (C=O) groups is 1. The van der Waals surface area contributed by atoms with Crippen LogP contribution < -0.4 is 10.2 Å². The second-order valence-corrected chi connectivity index (χ2v) is 4.23. The fourth-order valence-electron chi connectivity index (χ4n) is 2.15. The number of amides is 1. The van der Waals surface area contributed by atoms with Crippen LogP contribution in [0.25, 0.3) is 0 Å². The molecule has 1 N–H and O–H groups in total. The molecule has 0 radical (unpaired) electrons. The molecule has 1 aliphatic heterocycles. The zero-order valence-corrected chi connectivity index (χ0v) is 9.70. The van der Waals surface area contributed by atoms with Gasteiger partial charge in [-0.15, -0.1) is 0 Å². The summed E-state index contributed by atoms with van der Waals surface area (Å²) in [6, 6.07) is 8.31. The summed E-state index contributed by atoms with van der Waals surface area (Å²) in [7, 11) is 0. The van der Waals surface area contributed by atoms with Crippen molar-refractivity contribution in [1.82, 2.24) is 5.32 Å². The van der Waals surface area contributed by atoms with Crippen molar-refractivity contribution in [2.24, 2.45) is 0 Å². The molecule has 0 saturated carbocycles. The van der Waals surface area contributed by atoms with E-state index in [1.807, 2.05) is 6.07 Å². The Hall–Kier alpha value is -1.51. The molecular weight excluding hydrogens is 200 g/mol. The van der Waals surface area contributed by atoms with Gasteiger partial charge in [-0.3, -0.25) is 4.79 Å². The van der Waals surface area contributed by atoms with Gasteiger partial charge in [0, 0.05) is 32.2 Å². The van der Waals surface area contributed by atoms with Gasteiger partial charge in [-0.05, 0) is 24.5 Å². The number of hydrogen-bond donors (Lipinski definition) is 1. The van der Waals surface area contributed by atoms with Crippen LogP contribution in [0.3, 0.4) is 0 Å². The van der Waals surface area contributed by atoms with Gasteiger partial charge in [0.25, 0.3) is 0 Å². The number of benzene rings is 1. The predicted molar refractivity (Wildman–Crippen MR) is 65.4 cm³/mol. The molecule has 0 atom stereocenters. The molecule has 1 fully saturated rings.